The summed E-state index contributed by atoms with van der Waals surface area (Å²) < 4.78 is 0. The van der Waals surface area contributed by atoms with Crippen LogP contribution in [0.1, 0.15) is 40.5 Å². The van der Waals surface area contributed by atoms with Gasteiger partial charge in [-0.05, 0) is 38.8 Å². The Bertz CT molecular complexity index is 308. The lowest BCUT2D eigenvalue weighted by Gasteiger charge is -2.34. The maximum atomic E-state index is 4.29. The van der Waals surface area contributed by atoms with E-state index in [-0.39, 0.29) is 0 Å². The first kappa shape index (κ1) is 19.2. The van der Waals surface area contributed by atoms with Crippen molar-refractivity contribution in [1.82, 2.24) is 20.4 Å². The molecule has 1 heterocycles. The molecule has 0 bridgehead atoms. The van der Waals surface area contributed by atoms with Gasteiger partial charge in [0, 0.05) is 45.8 Å². The average molecular weight is 312 g/mol. The maximum Gasteiger partial charge on any atom is 0.191 e. The molecule has 0 amide bonds. The zero-order valence-electron chi connectivity index (χ0n) is 15.4. The van der Waals surface area contributed by atoms with Crippen LogP contribution in [0.25, 0.3) is 0 Å². The lowest BCUT2D eigenvalue weighted by atomic mass is 10.1. The van der Waals surface area contributed by atoms with E-state index in [1.54, 1.807) is 0 Å². The number of hydrogen-bond donors (Lipinski definition) is 2. The maximum absolute atomic E-state index is 4.29. The minimum Gasteiger partial charge on any atom is -0.356 e. The molecule has 0 aromatic rings. The summed E-state index contributed by atoms with van der Waals surface area (Å²) in [5, 5.41) is 6.86. The first-order valence-corrected chi connectivity index (χ1v) is 8.98. The Kier molecular flexibility index (Phi) is 9.48. The van der Waals surface area contributed by atoms with E-state index in [2.05, 4.69) is 53.1 Å². The van der Waals surface area contributed by atoms with Gasteiger partial charge in [0.05, 0.1) is 0 Å². The second-order valence-electron chi connectivity index (χ2n) is 6.66. The van der Waals surface area contributed by atoms with E-state index in [0.717, 1.165) is 12.5 Å². The molecule has 1 fully saturated rings. The fourth-order valence-electron chi connectivity index (χ4n) is 2.57. The van der Waals surface area contributed by atoms with Gasteiger partial charge in [0.2, 0.25) is 0 Å². The molecule has 1 aliphatic rings. The minimum atomic E-state index is 0.445. The highest BCUT2D eigenvalue weighted by Crippen LogP contribution is 2.03. The van der Waals surface area contributed by atoms with E-state index in [1.165, 1.54) is 52.1 Å². The highest BCUT2D eigenvalue weighted by molar-refractivity contribution is 5.79. The summed E-state index contributed by atoms with van der Waals surface area (Å²) in [7, 11) is 1.84. The van der Waals surface area contributed by atoms with Crippen molar-refractivity contribution in [2.45, 2.75) is 46.6 Å². The monoisotopic (exact) mass is 311 g/mol. The van der Waals surface area contributed by atoms with E-state index < -0.39 is 0 Å². The van der Waals surface area contributed by atoms with Crippen molar-refractivity contribution in [2.75, 3.05) is 52.9 Å². The van der Waals surface area contributed by atoms with Crippen LogP contribution < -0.4 is 10.6 Å². The Morgan fingerprint density at radius 2 is 1.68 bits per heavy atom. The number of guanidine groups is 1. The second-order valence-corrected chi connectivity index (χ2v) is 6.66. The summed E-state index contributed by atoms with van der Waals surface area (Å²) >= 11 is 0. The molecule has 1 saturated heterocycles. The highest BCUT2D eigenvalue weighted by atomic mass is 15.3. The number of piperazine rings is 1. The van der Waals surface area contributed by atoms with Crippen LogP contribution in [0.15, 0.2) is 4.99 Å². The average Bonchev–Trinajstić information content (AvgIpc) is 2.53. The van der Waals surface area contributed by atoms with Crippen LogP contribution in [-0.2, 0) is 0 Å². The normalized spacial score (nSPS) is 19.5. The van der Waals surface area contributed by atoms with Crippen LogP contribution in [0.2, 0.25) is 0 Å². The number of hydrogen-bond acceptors (Lipinski definition) is 3. The van der Waals surface area contributed by atoms with E-state index in [0.29, 0.717) is 12.0 Å². The number of aliphatic imine (C=N–C) groups is 1. The number of unbranched alkanes of at least 4 members (excludes halogenated alkanes) is 1. The van der Waals surface area contributed by atoms with Gasteiger partial charge in [-0.15, -0.1) is 0 Å². The molecule has 5 heteroatoms. The first-order chi connectivity index (χ1) is 10.6. The Morgan fingerprint density at radius 1 is 1.05 bits per heavy atom. The van der Waals surface area contributed by atoms with Gasteiger partial charge in [-0.3, -0.25) is 4.99 Å². The molecule has 1 atom stereocenters. The highest BCUT2D eigenvalue weighted by Gasteiger charge is 2.14. The minimum absolute atomic E-state index is 0.445. The lowest BCUT2D eigenvalue weighted by molar-refractivity contribution is 0.136. The van der Waals surface area contributed by atoms with Crippen molar-refractivity contribution in [1.29, 1.82) is 0 Å². The topological polar surface area (TPSA) is 42.9 Å². The van der Waals surface area contributed by atoms with Crippen molar-refractivity contribution in [3.05, 3.63) is 0 Å². The predicted octanol–water partition coefficient (Wildman–Crippen LogP) is 1.61. The molecule has 0 aromatic carbocycles. The molecule has 5 nitrogen and oxygen atoms in total. The van der Waals surface area contributed by atoms with Gasteiger partial charge >= 0.3 is 0 Å². The van der Waals surface area contributed by atoms with Gasteiger partial charge < -0.3 is 20.4 Å². The Hall–Kier alpha value is -0.810. The van der Waals surface area contributed by atoms with Crippen LogP contribution in [0, 0.1) is 5.92 Å². The van der Waals surface area contributed by atoms with E-state index in [1.807, 2.05) is 7.05 Å². The zero-order valence-corrected chi connectivity index (χ0v) is 15.4. The van der Waals surface area contributed by atoms with Crippen molar-refractivity contribution in [3.63, 3.8) is 0 Å². The van der Waals surface area contributed by atoms with Gasteiger partial charge in [-0.25, -0.2) is 0 Å². The number of nitrogens with one attached hydrogen (secondary N) is 2. The fraction of sp³-hybridized carbons (Fsp3) is 0.941. The third kappa shape index (κ3) is 7.45. The summed E-state index contributed by atoms with van der Waals surface area (Å²) in [4.78, 5) is 9.42. The standard InChI is InChI=1S/C17H37N5/c1-6-21-11-13-22(14-12-21)10-8-7-9-19-17(18-5)20-16(4)15(2)3/h15-16H,6-14H2,1-5H3,(H2,18,19,20). The number of likely N-dealkylation sites (N-methyl/N-ethyl adjacent to an activating group) is 1. The van der Waals surface area contributed by atoms with Crippen LogP contribution >= 0.6 is 0 Å². The molecule has 0 saturated carbocycles. The third-order valence-corrected chi connectivity index (χ3v) is 4.69. The molecule has 1 aliphatic heterocycles. The fourth-order valence-corrected chi connectivity index (χ4v) is 2.57. The van der Waals surface area contributed by atoms with Crippen LogP contribution in [0.3, 0.4) is 0 Å². The van der Waals surface area contributed by atoms with Crippen molar-refractivity contribution in [3.8, 4) is 0 Å². The van der Waals surface area contributed by atoms with Gasteiger partial charge in [0.1, 0.15) is 0 Å². The number of rotatable bonds is 8. The van der Waals surface area contributed by atoms with Crippen LogP contribution in [0.4, 0.5) is 0 Å². The second kappa shape index (κ2) is 10.8. The molecular weight excluding hydrogens is 274 g/mol. The van der Waals surface area contributed by atoms with Crippen LogP contribution in [0.5, 0.6) is 0 Å². The largest absolute Gasteiger partial charge is 0.356 e. The smallest absolute Gasteiger partial charge is 0.191 e. The number of nitrogens with zero attached hydrogens (tertiary/aromatic N) is 3. The molecule has 1 unspecified atom stereocenters. The molecule has 2 N–H and O–H groups in total. The van der Waals surface area contributed by atoms with Crippen LogP contribution in [-0.4, -0.2) is 74.7 Å². The van der Waals surface area contributed by atoms with E-state index in [4.69, 9.17) is 0 Å². The Balaban J connectivity index is 2.07. The molecule has 22 heavy (non-hydrogen) atoms. The summed E-state index contributed by atoms with van der Waals surface area (Å²) in [6.45, 7) is 17.3. The Labute approximate surface area is 137 Å². The summed E-state index contributed by atoms with van der Waals surface area (Å²) in [5.41, 5.74) is 0. The SMILES string of the molecule is CCN1CCN(CCCCNC(=NC)NC(C)C(C)C)CC1. The van der Waals surface area contributed by atoms with Crippen molar-refractivity contribution in [2.24, 2.45) is 10.9 Å². The Morgan fingerprint density at radius 3 is 2.23 bits per heavy atom. The van der Waals surface area contributed by atoms with Crippen molar-refractivity contribution < 1.29 is 0 Å². The molecule has 1 rings (SSSR count). The molecule has 0 spiro atoms. The van der Waals surface area contributed by atoms with Gasteiger partial charge in [-0.2, -0.15) is 0 Å². The molecule has 0 aromatic heterocycles. The molecule has 130 valence electrons. The van der Waals surface area contributed by atoms with E-state index in [9.17, 15) is 0 Å². The van der Waals surface area contributed by atoms with Gasteiger partial charge in [-0.1, -0.05) is 20.8 Å². The summed E-state index contributed by atoms with van der Waals surface area (Å²) in [6, 6.07) is 0.445. The van der Waals surface area contributed by atoms with E-state index >= 15 is 0 Å². The molecule has 0 radical (unpaired) electrons. The molecule has 0 aliphatic carbocycles. The van der Waals surface area contributed by atoms with Gasteiger partial charge in [0.15, 0.2) is 5.96 Å². The summed E-state index contributed by atoms with van der Waals surface area (Å²) in [5.74, 6) is 1.54. The quantitative estimate of drug-likeness (QED) is 0.406. The zero-order chi connectivity index (χ0) is 16.4. The summed E-state index contributed by atoms with van der Waals surface area (Å²) in [6.07, 6.45) is 2.46. The first-order valence-electron chi connectivity index (χ1n) is 8.98. The lowest BCUT2D eigenvalue weighted by Crippen LogP contribution is -2.46. The predicted molar refractivity (Wildman–Crippen MR) is 96.6 cm³/mol. The molecular formula is C17H37N5. The van der Waals surface area contributed by atoms with Crippen molar-refractivity contribution >= 4 is 5.96 Å². The third-order valence-electron chi connectivity index (χ3n) is 4.69. The van der Waals surface area contributed by atoms with Gasteiger partial charge in [0.25, 0.3) is 0 Å².